The highest BCUT2D eigenvalue weighted by Crippen LogP contribution is 2.27. The van der Waals surface area contributed by atoms with Crippen molar-refractivity contribution in [3.8, 4) is 11.3 Å². The second-order valence-electron chi connectivity index (χ2n) is 4.85. The Morgan fingerprint density at radius 2 is 1.90 bits per heavy atom. The Bertz CT molecular complexity index is 768. The smallest absolute Gasteiger partial charge is 0.133 e. The lowest BCUT2D eigenvalue weighted by Gasteiger charge is -2.12. The van der Waals surface area contributed by atoms with Crippen LogP contribution in [0.1, 0.15) is 19.4 Å². The van der Waals surface area contributed by atoms with Crippen molar-refractivity contribution in [1.29, 1.82) is 0 Å². The van der Waals surface area contributed by atoms with Crippen molar-refractivity contribution in [2.45, 2.75) is 20.3 Å². The van der Waals surface area contributed by atoms with E-state index in [4.69, 9.17) is 0 Å². The Morgan fingerprint density at radius 1 is 1.05 bits per heavy atom. The number of anilines is 1. The van der Waals surface area contributed by atoms with Gasteiger partial charge in [-0.15, -0.1) is 0 Å². The fourth-order valence-electron chi connectivity index (χ4n) is 2.52. The SMILES string of the molecule is CCNc1ncnc(-c2cnc3ccccc3c2)c1CC. The van der Waals surface area contributed by atoms with E-state index >= 15 is 0 Å². The molecule has 0 fully saturated rings. The number of aromatic nitrogens is 3. The molecule has 4 heteroatoms. The van der Waals surface area contributed by atoms with E-state index in [2.05, 4.69) is 46.2 Å². The van der Waals surface area contributed by atoms with E-state index in [1.54, 1.807) is 6.33 Å². The van der Waals surface area contributed by atoms with Gasteiger partial charge in [0.2, 0.25) is 0 Å². The van der Waals surface area contributed by atoms with Gasteiger partial charge in [0.15, 0.2) is 0 Å². The predicted molar refractivity (Wildman–Crippen MR) is 86.3 cm³/mol. The van der Waals surface area contributed by atoms with Crippen LogP contribution in [0.4, 0.5) is 5.82 Å². The first-order valence-corrected chi connectivity index (χ1v) is 7.26. The van der Waals surface area contributed by atoms with E-state index in [0.717, 1.165) is 46.5 Å². The van der Waals surface area contributed by atoms with Gasteiger partial charge in [-0.05, 0) is 25.5 Å². The van der Waals surface area contributed by atoms with Crippen molar-refractivity contribution in [3.63, 3.8) is 0 Å². The Kier molecular flexibility index (Phi) is 3.77. The van der Waals surface area contributed by atoms with E-state index < -0.39 is 0 Å². The first-order valence-electron chi connectivity index (χ1n) is 7.26. The van der Waals surface area contributed by atoms with Crippen LogP contribution in [0.2, 0.25) is 0 Å². The van der Waals surface area contributed by atoms with Crippen LogP contribution in [0.3, 0.4) is 0 Å². The molecule has 0 amide bonds. The summed E-state index contributed by atoms with van der Waals surface area (Å²) in [4.78, 5) is 13.4. The van der Waals surface area contributed by atoms with E-state index in [1.807, 2.05) is 24.4 Å². The van der Waals surface area contributed by atoms with Crippen molar-refractivity contribution < 1.29 is 0 Å². The second kappa shape index (κ2) is 5.87. The molecule has 3 rings (SSSR count). The maximum Gasteiger partial charge on any atom is 0.133 e. The van der Waals surface area contributed by atoms with Crippen LogP contribution >= 0.6 is 0 Å². The fourth-order valence-corrected chi connectivity index (χ4v) is 2.52. The summed E-state index contributed by atoms with van der Waals surface area (Å²) in [6, 6.07) is 10.3. The fraction of sp³-hybridized carbons (Fsp3) is 0.235. The molecule has 3 aromatic rings. The summed E-state index contributed by atoms with van der Waals surface area (Å²) in [7, 11) is 0. The topological polar surface area (TPSA) is 50.7 Å². The van der Waals surface area contributed by atoms with Crippen molar-refractivity contribution in [1.82, 2.24) is 15.0 Å². The summed E-state index contributed by atoms with van der Waals surface area (Å²) in [5.41, 5.74) is 4.13. The largest absolute Gasteiger partial charge is 0.370 e. The van der Waals surface area contributed by atoms with Gasteiger partial charge in [0.25, 0.3) is 0 Å². The predicted octanol–water partition coefficient (Wildman–Crippen LogP) is 3.69. The van der Waals surface area contributed by atoms with Crippen molar-refractivity contribution in [2.24, 2.45) is 0 Å². The zero-order valence-corrected chi connectivity index (χ0v) is 12.3. The number of pyridine rings is 1. The summed E-state index contributed by atoms with van der Waals surface area (Å²) in [5.74, 6) is 0.915. The molecule has 2 aromatic heterocycles. The lowest BCUT2D eigenvalue weighted by Crippen LogP contribution is -2.05. The monoisotopic (exact) mass is 278 g/mol. The summed E-state index contributed by atoms with van der Waals surface area (Å²) in [6.07, 6.45) is 4.38. The van der Waals surface area contributed by atoms with Gasteiger partial charge in [-0.25, -0.2) is 9.97 Å². The van der Waals surface area contributed by atoms with Crippen LogP contribution in [0.5, 0.6) is 0 Å². The third-order valence-corrected chi connectivity index (χ3v) is 3.51. The Hall–Kier alpha value is -2.49. The third-order valence-electron chi connectivity index (χ3n) is 3.51. The normalized spacial score (nSPS) is 10.8. The van der Waals surface area contributed by atoms with Gasteiger partial charge in [-0.3, -0.25) is 4.98 Å². The molecule has 0 saturated heterocycles. The zero-order valence-electron chi connectivity index (χ0n) is 12.3. The minimum Gasteiger partial charge on any atom is -0.370 e. The van der Waals surface area contributed by atoms with E-state index in [0.29, 0.717) is 0 Å². The lowest BCUT2D eigenvalue weighted by molar-refractivity contribution is 1.03. The van der Waals surface area contributed by atoms with Gasteiger partial charge in [0.1, 0.15) is 12.1 Å². The van der Waals surface area contributed by atoms with Gasteiger partial charge >= 0.3 is 0 Å². The number of fused-ring (bicyclic) bond motifs is 1. The third kappa shape index (κ3) is 2.57. The summed E-state index contributed by atoms with van der Waals surface area (Å²) < 4.78 is 0. The molecule has 0 radical (unpaired) electrons. The molecular weight excluding hydrogens is 260 g/mol. The zero-order chi connectivity index (χ0) is 14.7. The molecule has 0 saturated carbocycles. The molecule has 106 valence electrons. The number of hydrogen-bond acceptors (Lipinski definition) is 4. The van der Waals surface area contributed by atoms with Crippen LogP contribution in [0.25, 0.3) is 22.2 Å². The molecule has 0 aliphatic heterocycles. The molecule has 4 nitrogen and oxygen atoms in total. The Labute approximate surface area is 124 Å². The molecule has 0 atom stereocenters. The number of hydrogen-bond donors (Lipinski definition) is 1. The van der Waals surface area contributed by atoms with Crippen LogP contribution in [0.15, 0.2) is 42.9 Å². The molecule has 1 N–H and O–H groups in total. The van der Waals surface area contributed by atoms with Gasteiger partial charge in [-0.2, -0.15) is 0 Å². The van der Waals surface area contributed by atoms with E-state index in [9.17, 15) is 0 Å². The minimum absolute atomic E-state index is 0.847. The molecular formula is C17H18N4. The quantitative estimate of drug-likeness (QED) is 0.791. The number of nitrogens with one attached hydrogen (secondary N) is 1. The van der Waals surface area contributed by atoms with E-state index in [1.165, 1.54) is 0 Å². The van der Waals surface area contributed by atoms with Crippen molar-refractivity contribution in [3.05, 3.63) is 48.4 Å². The summed E-state index contributed by atoms with van der Waals surface area (Å²) in [5, 5.41) is 4.43. The average molecular weight is 278 g/mol. The van der Waals surface area contributed by atoms with E-state index in [-0.39, 0.29) is 0 Å². The number of rotatable bonds is 4. The molecule has 0 unspecified atom stereocenters. The minimum atomic E-state index is 0.847. The molecule has 0 aliphatic rings. The Balaban J connectivity index is 2.15. The maximum atomic E-state index is 4.53. The molecule has 0 bridgehead atoms. The van der Waals surface area contributed by atoms with Gasteiger partial charge < -0.3 is 5.32 Å². The lowest BCUT2D eigenvalue weighted by atomic mass is 10.0. The number of para-hydroxylation sites is 1. The van der Waals surface area contributed by atoms with Crippen molar-refractivity contribution >= 4 is 16.7 Å². The summed E-state index contributed by atoms with van der Waals surface area (Å²) >= 11 is 0. The molecule has 2 heterocycles. The first kappa shape index (κ1) is 13.5. The van der Waals surface area contributed by atoms with Crippen LogP contribution in [-0.2, 0) is 6.42 Å². The first-order chi connectivity index (χ1) is 10.3. The maximum absolute atomic E-state index is 4.53. The summed E-state index contributed by atoms with van der Waals surface area (Å²) in [6.45, 7) is 5.04. The highest BCUT2D eigenvalue weighted by Gasteiger charge is 2.11. The van der Waals surface area contributed by atoms with Crippen LogP contribution in [-0.4, -0.2) is 21.5 Å². The molecule has 0 aliphatic carbocycles. The molecule has 1 aromatic carbocycles. The van der Waals surface area contributed by atoms with Crippen LogP contribution in [0, 0.1) is 0 Å². The molecule has 0 spiro atoms. The average Bonchev–Trinajstić information content (AvgIpc) is 2.54. The van der Waals surface area contributed by atoms with Gasteiger partial charge in [0.05, 0.1) is 11.2 Å². The highest BCUT2D eigenvalue weighted by atomic mass is 15.0. The molecule has 21 heavy (non-hydrogen) atoms. The Morgan fingerprint density at radius 3 is 2.71 bits per heavy atom. The van der Waals surface area contributed by atoms with Crippen molar-refractivity contribution in [2.75, 3.05) is 11.9 Å². The van der Waals surface area contributed by atoms with Crippen LogP contribution < -0.4 is 5.32 Å². The number of benzene rings is 1. The van der Waals surface area contributed by atoms with Gasteiger partial charge in [0, 0.05) is 29.3 Å². The highest BCUT2D eigenvalue weighted by molar-refractivity contribution is 5.83. The second-order valence-corrected chi connectivity index (χ2v) is 4.85. The standard InChI is InChI=1S/C17H18N4/c1-3-14-16(20-11-21-17(14)18-4-2)13-9-12-7-5-6-8-15(12)19-10-13/h5-11H,3-4H2,1-2H3,(H,18,20,21). The number of nitrogens with zero attached hydrogens (tertiary/aromatic N) is 3. The van der Waals surface area contributed by atoms with Gasteiger partial charge in [-0.1, -0.05) is 25.1 Å².